The highest BCUT2D eigenvalue weighted by atomic mass is 14.1. The van der Waals surface area contributed by atoms with Crippen LogP contribution < -0.4 is 0 Å². The molecule has 0 rings (SSSR count). The van der Waals surface area contributed by atoms with Crippen molar-refractivity contribution < 1.29 is 0 Å². The van der Waals surface area contributed by atoms with Gasteiger partial charge in [0, 0.05) is 0 Å². The third-order valence-electron chi connectivity index (χ3n) is 8.39. The minimum atomic E-state index is 0.842. The summed E-state index contributed by atoms with van der Waals surface area (Å²) in [6.07, 6.45) is 47.9. The number of rotatable bonds is 32. The van der Waals surface area contributed by atoms with Crippen molar-refractivity contribution in [1.29, 1.82) is 0 Å². The molecule has 0 aliphatic carbocycles. The molecule has 0 aliphatic rings. The molecule has 0 bridgehead atoms. The average molecular weight is 506 g/mol. The SMILES string of the molecule is CCCCCCCCCCCCCCC[CH]C(C)CCCCCCCCCCCCCCCCCC. The van der Waals surface area contributed by atoms with Crippen molar-refractivity contribution in [3.05, 3.63) is 6.42 Å². The van der Waals surface area contributed by atoms with Gasteiger partial charge in [-0.2, -0.15) is 0 Å². The van der Waals surface area contributed by atoms with Crippen LogP contribution in [-0.4, -0.2) is 0 Å². The molecule has 0 spiro atoms. The molecular formula is C36H73. The van der Waals surface area contributed by atoms with Crippen molar-refractivity contribution in [3.8, 4) is 0 Å². The fourth-order valence-electron chi connectivity index (χ4n) is 5.70. The van der Waals surface area contributed by atoms with Gasteiger partial charge in [-0.1, -0.05) is 213 Å². The molecule has 0 N–H and O–H groups in total. The summed E-state index contributed by atoms with van der Waals surface area (Å²) < 4.78 is 0. The van der Waals surface area contributed by atoms with Crippen molar-refractivity contribution >= 4 is 0 Å². The highest BCUT2D eigenvalue weighted by Crippen LogP contribution is 2.19. The van der Waals surface area contributed by atoms with Gasteiger partial charge in [-0.05, 0) is 18.8 Å². The molecule has 0 saturated carbocycles. The van der Waals surface area contributed by atoms with E-state index in [1.54, 1.807) is 0 Å². The lowest BCUT2D eigenvalue weighted by molar-refractivity contribution is 0.494. The third-order valence-corrected chi connectivity index (χ3v) is 8.39. The zero-order valence-corrected chi connectivity index (χ0v) is 26.1. The Hall–Kier alpha value is 0. The second-order valence-electron chi connectivity index (χ2n) is 12.3. The predicted octanol–water partition coefficient (Wildman–Crippen LogP) is 14.0. The molecule has 0 amide bonds. The van der Waals surface area contributed by atoms with E-state index in [0.29, 0.717) is 0 Å². The van der Waals surface area contributed by atoms with E-state index < -0.39 is 0 Å². The van der Waals surface area contributed by atoms with Gasteiger partial charge in [0.2, 0.25) is 0 Å². The lowest BCUT2D eigenvalue weighted by Gasteiger charge is -2.11. The molecule has 0 heterocycles. The first-order valence-corrected chi connectivity index (χ1v) is 17.6. The molecule has 36 heavy (non-hydrogen) atoms. The monoisotopic (exact) mass is 506 g/mol. The molecular weight excluding hydrogens is 432 g/mol. The molecule has 217 valence electrons. The molecule has 1 unspecified atom stereocenters. The molecule has 0 nitrogen and oxygen atoms in total. The lowest BCUT2D eigenvalue weighted by atomic mass is 9.95. The normalized spacial score (nSPS) is 12.4. The second-order valence-corrected chi connectivity index (χ2v) is 12.3. The van der Waals surface area contributed by atoms with Crippen molar-refractivity contribution in [2.24, 2.45) is 5.92 Å². The number of unbranched alkanes of at least 4 members (excludes halogenated alkanes) is 28. The first kappa shape index (κ1) is 36.0. The van der Waals surface area contributed by atoms with Crippen LogP contribution in [0.4, 0.5) is 0 Å². The molecule has 0 saturated heterocycles. The van der Waals surface area contributed by atoms with Crippen LogP contribution in [0.5, 0.6) is 0 Å². The molecule has 0 aliphatic heterocycles. The van der Waals surface area contributed by atoms with Crippen LogP contribution in [0.1, 0.15) is 220 Å². The van der Waals surface area contributed by atoms with E-state index in [-0.39, 0.29) is 0 Å². The molecule has 0 aromatic heterocycles. The summed E-state index contributed by atoms with van der Waals surface area (Å²) in [7, 11) is 0. The highest BCUT2D eigenvalue weighted by molar-refractivity contribution is 4.72. The summed E-state index contributed by atoms with van der Waals surface area (Å²) in [6.45, 7) is 7.07. The van der Waals surface area contributed by atoms with Crippen LogP contribution in [0.3, 0.4) is 0 Å². The number of hydrogen-bond donors (Lipinski definition) is 0. The maximum Gasteiger partial charge on any atom is -0.0358 e. The first-order valence-electron chi connectivity index (χ1n) is 17.6. The van der Waals surface area contributed by atoms with E-state index in [4.69, 9.17) is 0 Å². The van der Waals surface area contributed by atoms with Crippen LogP contribution in [0.25, 0.3) is 0 Å². The van der Waals surface area contributed by atoms with Gasteiger partial charge >= 0.3 is 0 Å². The average Bonchev–Trinajstić information content (AvgIpc) is 2.88. The smallest absolute Gasteiger partial charge is 0.0358 e. The summed E-state index contributed by atoms with van der Waals surface area (Å²) in [6, 6.07) is 0. The fraction of sp³-hybridized carbons (Fsp3) is 0.972. The van der Waals surface area contributed by atoms with E-state index in [0.717, 1.165) is 5.92 Å². The number of hydrogen-bond acceptors (Lipinski definition) is 0. The van der Waals surface area contributed by atoms with Crippen LogP contribution in [0.15, 0.2) is 0 Å². The summed E-state index contributed by atoms with van der Waals surface area (Å²) in [5.74, 6) is 0.842. The molecule has 0 aromatic carbocycles. The van der Waals surface area contributed by atoms with Gasteiger partial charge in [-0.25, -0.2) is 0 Å². The Balaban J connectivity index is 3.13. The van der Waals surface area contributed by atoms with Crippen LogP contribution >= 0.6 is 0 Å². The van der Waals surface area contributed by atoms with Gasteiger partial charge in [-0.15, -0.1) is 0 Å². The summed E-state index contributed by atoms with van der Waals surface area (Å²) >= 11 is 0. The predicted molar refractivity (Wildman–Crippen MR) is 168 cm³/mol. The second kappa shape index (κ2) is 33.0. The Kier molecular flexibility index (Phi) is 33.0. The Morgan fingerprint density at radius 3 is 0.889 bits per heavy atom. The molecule has 0 aromatic rings. The zero-order chi connectivity index (χ0) is 26.2. The Morgan fingerprint density at radius 1 is 0.333 bits per heavy atom. The molecule has 1 atom stereocenters. The first-order chi connectivity index (χ1) is 17.8. The van der Waals surface area contributed by atoms with Gasteiger partial charge in [0.1, 0.15) is 0 Å². The van der Waals surface area contributed by atoms with Gasteiger partial charge in [0.25, 0.3) is 0 Å². The Bertz CT molecular complexity index is 359. The van der Waals surface area contributed by atoms with E-state index in [1.807, 2.05) is 0 Å². The van der Waals surface area contributed by atoms with Crippen molar-refractivity contribution in [1.82, 2.24) is 0 Å². The largest absolute Gasteiger partial charge is 0.0654 e. The molecule has 1 radical (unpaired) electrons. The van der Waals surface area contributed by atoms with Crippen LogP contribution in [0.2, 0.25) is 0 Å². The van der Waals surface area contributed by atoms with E-state index in [2.05, 4.69) is 27.2 Å². The van der Waals surface area contributed by atoms with Crippen molar-refractivity contribution in [3.63, 3.8) is 0 Å². The zero-order valence-electron chi connectivity index (χ0n) is 26.1. The minimum absolute atomic E-state index is 0.842. The van der Waals surface area contributed by atoms with Crippen molar-refractivity contribution in [2.75, 3.05) is 0 Å². The summed E-state index contributed by atoms with van der Waals surface area (Å²) in [5, 5.41) is 0. The summed E-state index contributed by atoms with van der Waals surface area (Å²) in [4.78, 5) is 0. The van der Waals surface area contributed by atoms with Gasteiger partial charge in [0.05, 0.1) is 0 Å². The summed E-state index contributed by atoms with van der Waals surface area (Å²) in [5.41, 5.74) is 0. The van der Waals surface area contributed by atoms with E-state index in [1.165, 1.54) is 199 Å². The fourth-order valence-corrected chi connectivity index (χ4v) is 5.70. The van der Waals surface area contributed by atoms with E-state index in [9.17, 15) is 0 Å². The Labute approximate surface area is 232 Å². The lowest BCUT2D eigenvalue weighted by Crippen LogP contribution is -1.96. The standard InChI is InChI=1S/C36H73/c1-4-6-8-10-12-14-16-18-20-21-23-25-27-29-31-33-35-36(3)34-32-30-28-26-24-22-19-17-15-13-11-9-7-5-2/h34,36H,4-33,35H2,1-3H3. The third kappa shape index (κ3) is 32.0. The topological polar surface area (TPSA) is 0 Å². The van der Waals surface area contributed by atoms with Gasteiger partial charge in [-0.3, -0.25) is 0 Å². The highest BCUT2D eigenvalue weighted by Gasteiger charge is 2.03. The van der Waals surface area contributed by atoms with Gasteiger partial charge in [0.15, 0.2) is 0 Å². The molecule has 0 fully saturated rings. The quantitative estimate of drug-likeness (QED) is 0.0797. The maximum atomic E-state index is 2.63. The minimum Gasteiger partial charge on any atom is -0.0654 e. The maximum absolute atomic E-state index is 2.63. The van der Waals surface area contributed by atoms with Crippen LogP contribution in [0, 0.1) is 12.3 Å². The van der Waals surface area contributed by atoms with E-state index >= 15 is 0 Å². The Morgan fingerprint density at radius 2 is 0.583 bits per heavy atom. The van der Waals surface area contributed by atoms with Crippen LogP contribution in [-0.2, 0) is 0 Å². The van der Waals surface area contributed by atoms with Gasteiger partial charge < -0.3 is 0 Å². The molecule has 0 heteroatoms. The van der Waals surface area contributed by atoms with Crippen molar-refractivity contribution in [2.45, 2.75) is 220 Å².